The van der Waals surface area contributed by atoms with Gasteiger partial charge >= 0.3 is 5.97 Å². The summed E-state index contributed by atoms with van der Waals surface area (Å²) in [5, 5.41) is 9.81. The third-order valence-electron chi connectivity index (χ3n) is 3.12. The van der Waals surface area contributed by atoms with E-state index in [-0.39, 0.29) is 12.8 Å². The largest absolute Gasteiger partial charge is 0.481 e. The van der Waals surface area contributed by atoms with E-state index in [1.807, 2.05) is 0 Å². The van der Waals surface area contributed by atoms with Gasteiger partial charge in [0.05, 0.1) is 5.92 Å². The Morgan fingerprint density at radius 1 is 1.05 bits per heavy atom. The van der Waals surface area contributed by atoms with Gasteiger partial charge in [-0.25, -0.2) is 8.78 Å². The van der Waals surface area contributed by atoms with Gasteiger partial charge in [0.2, 0.25) is 0 Å². The number of hydrogen-bond acceptors (Lipinski definition) is 1. The monoisotopic (exact) mass is 310 g/mol. The van der Waals surface area contributed by atoms with E-state index in [1.165, 1.54) is 0 Å². The van der Waals surface area contributed by atoms with Gasteiger partial charge in [0.15, 0.2) is 0 Å². The van der Waals surface area contributed by atoms with Crippen LogP contribution in [0.4, 0.5) is 8.78 Å². The first kappa shape index (κ1) is 15.4. The van der Waals surface area contributed by atoms with Crippen molar-refractivity contribution in [2.75, 3.05) is 0 Å². The van der Waals surface area contributed by atoms with E-state index in [1.54, 1.807) is 24.3 Å². The van der Waals surface area contributed by atoms with Gasteiger partial charge in [-0.1, -0.05) is 23.7 Å². The van der Waals surface area contributed by atoms with Crippen LogP contribution >= 0.6 is 11.6 Å². The SMILES string of the molecule is O=C(O)C(Cc1cc(F)cc(F)c1)Cc1cccc(Cl)c1. The molecule has 110 valence electrons. The average Bonchev–Trinajstić information content (AvgIpc) is 2.36. The average molecular weight is 311 g/mol. The van der Waals surface area contributed by atoms with Gasteiger partial charge in [-0.3, -0.25) is 4.79 Å². The molecule has 2 aromatic carbocycles. The van der Waals surface area contributed by atoms with E-state index < -0.39 is 23.5 Å². The third-order valence-corrected chi connectivity index (χ3v) is 3.36. The lowest BCUT2D eigenvalue weighted by Gasteiger charge is -2.13. The topological polar surface area (TPSA) is 37.3 Å². The fourth-order valence-electron chi connectivity index (χ4n) is 2.21. The van der Waals surface area contributed by atoms with Crippen LogP contribution in [0.3, 0.4) is 0 Å². The molecule has 0 amide bonds. The lowest BCUT2D eigenvalue weighted by atomic mass is 9.92. The first-order valence-electron chi connectivity index (χ1n) is 6.36. The number of halogens is 3. The highest BCUT2D eigenvalue weighted by Crippen LogP contribution is 2.19. The van der Waals surface area contributed by atoms with Crippen LogP contribution in [-0.2, 0) is 17.6 Å². The molecule has 2 nitrogen and oxygen atoms in total. The molecule has 1 N–H and O–H groups in total. The van der Waals surface area contributed by atoms with Crippen molar-refractivity contribution in [1.82, 2.24) is 0 Å². The van der Waals surface area contributed by atoms with Gasteiger partial charge in [-0.05, 0) is 48.2 Å². The molecule has 1 atom stereocenters. The van der Waals surface area contributed by atoms with Gasteiger partial charge in [0.1, 0.15) is 11.6 Å². The summed E-state index contributed by atoms with van der Waals surface area (Å²) in [5.41, 5.74) is 1.09. The molecule has 0 aliphatic carbocycles. The van der Waals surface area contributed by atoms with E-state index in [9.17, 15) is 18.7 Å². The van der Waals surface area contributed by atoms with E-state index in [0.717, 1.165) is 23.8 Å². The van der Waals surface area contributed by atoms with Crippen LogP contribution < -0.4 is 0 Å². The molecule has 0 aliphatic rings. The van der Waals surface area contributed by atoms with Crippen molar-refractivity contribution in [2.45, 2.75) is 12.8 Å². The van der Waals surface area contributed by atoms with E-state index in [0.29, 0.717) is 10.6 Å². The molecule has 21 heavy (non-hydrogen) atoms. The highest BCUT2D eigenvalue weighted by molar-refractivity contribution is 6.30. The molecule has 0 aromatic heterocycles. The Kier molecular flexibility index (Phi) is 4.91. The smallest absolute Gasteiger partial charge is 0.307 e. The van der Waals surface area contributed by atoms with E-state index >= 15 is 0 Å². The van der Waals surface area contributed by atoms with Crippen LogP contribution in [-0.4, -0.2) is 11.1 Å². The van der Waals surface area contributed by atoms with Gasteiger partial charge in [0, 0.05) is 11.1 Å². The summed E-state index contributed by atoms with van der Waals surface area (Å²) in [4.78, 5) is 11.3. The Balaban J connectivity index is 2.17. The summed E-state index contributed by atoms with van der Waals surface area (Å²) >= 11 is 5.86. The van der Waals surface area contributed by atoms with Crippen molar-refractivity contribution >= 4 is 17.6 Å². The summed E-state index contributed by atoms with van der Waals surface area (Å²) in [5.74, 6) is -3.21. The molecule has 0 spiro atoms. The van der Waals surface area contributed by atoms with Crippen LogP contribution in [0.25, 0.3) is 0 Å². The fraction of sp³-hybridized carbons (Fsp3) is 0.188. The summed E-state index contributed by atoms with van der Waals surface area (Å²) in [6.07, 6.45) is 0.296. The van der Waals surface area contributed by atoms with Gasteiger partial charge in [0.25, 0.3) is 0 Å². The highest BCUT2D eigenvalue weighted by Gasteiger charge is 2.19. The van der Waals surface area contributed by atoms with Crippen molar-refractivity contribution < 1.29 is 18.7 Å². The zero-order valence-corrected chi connectivity index (χ0v) is 11.8. The maximum atomic E-state index is 13.2. The number of carboxylic acids is 1. The predicted molar refractivity (Wildman–Crippen MR) is 76.3 cm³/mol. The summed E-state index contributed by atoms with van der Waals surface area (Å²) in [6, 6.07) is 9.95. The van der Waals surface area contributed by atoms with Crippen LogP contribution in [0.2, 0.25) is 5.02 Å². The van der Waals surface area contributed by atoms with Crippen LogP contribution in [0.5, 0.6) is 0 Å². The molecule has 0 radical (unpaired) electrons. The lowest BCUT2D eigenvalue weighted by Crippen LogP contribution is -2.19. The minimum absolute atomic E-state index is 0.0521. The van der Waals surface area contributed by atoms with Crippen molar-refractivity contribution in [3.05, 3.63) is 70.2 Å². The van der Waals surface area contributed by atoms with Gasteiger partial charge < -0.3 is 5.11 Å². The van der Waals surface area contributed by atoms with Crippen molar-refractivity contribution in [3.8, 4) is 0 Å². The summed E-state index contributed by atoms with van der Waals surface area (Å²) < 4.78 is 26.3. The first-order valence-corrected chi connectivity index (χ1v) is 6.74. The normalized spacial score (nSPS) is 12.1. The molecular weight excluding hydrogens is 298 g/mol. The zero-order valence-electron chi connectivity index (χ0n) is 11.0. The maximum Gasteiger partial charge on any atom is 0.307 e. The molecule has 5 heteroatoms. The number of rotatable bonds is 5. The first-order chi connectivity index (χ1) is 9.94. The number of carboxylic acid groups (broad SMARTS) is 1. The Hall–Kier alpha value is -1.94. The standard InChI is InChI=1S/C16H13ClF2O2/c17-13-3-1-2-10(6-13)4-12(16(20)21)5-11-7-14(18)9-15(19)8-11/h1-3,6-9,12H,4-5H2,(H,20,21). The fourth-order valence-corrected chi connectivity index (χ4v) is 2.42. The minimum atomic E-state index is -1.01. The Morgan fingerprint density at radius 2 is 1.67 bits per heavy atom. The molecule has 0 fully saturated rings. The number of aliphatic carboxylic acids is 1. The van der Waals surface area contributed by atoms with Gasteiger partial charge in [-0.15, -0.1) is 0 Å². The van der Waals surface area contributed by atoms with Crippen LogP contribution in [0.1, 0.15) is 11.1 Å². The van der Waals surface area contributed by atoms with Crippen molar-refractivity contribution in [3.63, 3.8) is 0 Å². The quantitative estimate of drug-likeness (QED) is 0.902. The Morgan fingerprint density at radius 3 is 2.24 bits per heavy atom. The van der Waals surface area contributed by atoms with Crippen molar-refractivity contribution in [1.29, 1.82) is 0 Å². The lowest BCUT2D eigenvalue weighted by molar-refractivity contribution is -0.141. The second-order valence-electron chi connectivity index (χ2n) is 4.85. The predicted octanol–water partition coefficient (Wildman–Crippen LogP) is 4.10. The third kappa shape index (κ3) is 4.53. The van der Waals surface area contributed by atoms with Crippen LogP contribution in [0, 0.1) is 17.6 Å². The molecule has 0 aliphatic heterocycles. The molecule has 0 saturated carbocycles. The number of carbonyl (C=O) groups is 1. The van der Waals surface area contributed by atoms with E-state index in [4.69, 9.17) is 11.6 Å². The van der Waals surface area contributed by atoms with E-state index in [2.05, 4.69) is 0 Å². The van der Waals surface area contributed by atoms with Crippen LogP contribution in [0.15, 0.2) is 42.5 Å². The second-order valence-corrected chi connectivity index (χ2v) is 5.29. The molecule has 0 heterocycles. The molecular formula is C16H13ClF2O2. The molecule has 0 bridgehead atoms. The molecule has 2 aromatic rings. The molecule has 2 rings (SSSR count). The molecule has 1 unspecified atom stereocenters. The number of benzene rings is 2. The molecule has 0 saturated heterocycles. The minimum Gasteiger partial charge on any atom is -0.481 e. The zero-order chi connectivity index (χ0) is 15.4. The van der Waals surface area contributed by atoms with Crippen molar-refractivity contribution in [2.24, 2.45) is 5.92 Å². The maximum absolute atomic E-state index is 13.2. The summed E-state index contributed by atoms with van der Waals surface area (Å²) in [6.45, 7) is 0. The highest BCUT2D eigenvalue weighted by atomic mass is 35.5. The summed E-state index contributed by atoms with van der Waals surface area (Å²) in [7, 11) is 0. The second kappa shape index (κ2) is 6.68. The Bertz CT molecular complexity index is 638. The van der Waals surface area contributed by atoms with Gasteiger partial charge in [-0.2, -0.15) is 0 Å². The number of hydrogen-bond donors (Lipinski definition) is 1. The Labute approximate surface area is 126 Å².